The van der Waals surface area contributed by atoms with Crippen LogP contribution in [0.5, 0.6) is 0 Å². The van der Waals surface area contributed by atoms with E-state index in [1.54, 1.807) is 26.1 Å². The van der Waals surface area contributed by atoms with E-state index in [9.17, 15) is 21.6 Å². The van der Waals surface area contributed by atoms with Crippen LogP contribution in [0.4, 0.5) is 0 Å². The smallest absolute Gasteiger partial charge is 0.253 e. The first kappa shape index (κ1) is 21.5. The Balaban J connectivity index is 1.81. The number of nitrogens with one attached hydrogen (secondary N) is 1. The van der Waals surface area contributed by atoms with Crippen molar-refractivity contribution in [3.63, 3.8) is 0 Å². The molecule has 1 aliphatic rings. The fourth-order valence-electron chi connectivity index (χ4n) is 3.32. The summed E-state index contributed by atoms with van der Waals surface area (Å²) in [4.78, 5) is 14.3. The Bertz CT molecular complexity index is 1110. The first-order valence-corrected chi connectivity index (χ1v) is 12.5. The van der Waals surface area contributed by atoms with E-state index in [1.165, 1.54) is 11.0 Å². The minimum Gasteiger partial charge on any atom is -0.338 e. The number of amides is 1. The van der Waals surface area contributed by atoms with E-state index in [1.807, 2.05) is 30.3 Å². The summed E-state index contributed by atoms with van der Waals surface area (Å²) in [6.07, 6.45) is 0.389. The lowest BCUT2D eigenvalue weighted by Gasteiger charge is -2.24. The number of sulfone groups is 1. The highest BCUT2D eigenvalue weighted by Crippen LogP contribution is 2.22. The molecule has 1 unspecified atom stereocenters. The number of hydrogen-bond acceptors (Lipinski definition) is 5. The topological polar surface area (TPSA) is 101 Å². The number of benzene rings is 2. The fraction of sp³-hybridized carbons (Fsp3) is 0.350. The maximum atomic E-state index is 12.8. The van der Waals surface area contributed by atoms with Gasteiger partial charge in [-0.3, -0.25) is 4.79 Å². The van der Waals surface area contributed by atoms with Crippen molar-refractivity contribution < 1.29 is 21.6 Å². The van der Waals surface area contributed by atoms with Crippen LogP contribution in [-0.4, -0.2) is 52.2 Å². The Hall–Kier alpha value is -2.23. The SMILES string of the molecule is Cc1ccc(C(=O)N(C)C2CCS(=O)(=O)C2)cc1S(=O)(=O)NCc1ccccc1. The van der Waals surface area contributed by atoms with Gasteiger partial charge in [0, 0.05) is 25.2 Å². The van der Waals surface area contributed by atoms with Crippen LogP contribution in [0.3, 0.4) is 0 Å². The largest absolute Gasteiger partial charge is 0.338 e. The molecule has 0 aliphatic carbocycles. The Morgan fingerprint density at radius 3 is 2.48 bits per heavy atom. The molecule has 9 heteroatoms. The van der Waals surface area contributed by atoms with Crippen molar-refractivity contribution >= 4 is 25.8 Å². The Morgan fingerprint density at radius 1 is 1.17 bits per heavy atom. The van der Waals surface area contributed by atoms with Crippen molar-refractivity contribution in [1.82, 2.24) is 9.62 Å². The molecule has 1 N–H and O–H groups in total. The van der Waals surface area contributed by atoms with Gasteiger partial charge in [-0.2, -0.15) is 0 Å². The van der Waals surface area contributed by atoms with Gasteiger partial charge in [-0.25, -0.2) is 21.6 Å². The summed E-state index contributed by atoms with van der Waals surface area (Å²) >= 11 is 0. The Morgan fingerprint density at radius 2 is 1.86 bits per heavy atom. The van der Waals surface area contributed by atoms with E-state index in [2.05, 4.69) is 4.72 Å². The number of carbonyl (C=O) groups is 1. The number of aryl methyl sites for hydroxylation is 1. The van der Waals surface area contributed by atoms with E-state index < -0.39 is 31.8 Å². The maximum absolute atomic E-state index is 12.8. The zero-order chi connectivity index (χ0) is 21.2. The molecular weight excluding hydrogens is 412 g/mol. The highest BCUT2D eigenvalue weighted by atomic mass is 32.2. The molecule has 0 saturated carbocycles. The quantitative estimate of drug-likeness (QED) is 0.743. The Labute approximate surface area is 171 Å². The van der Waals surface area contributed by atoms with Crippen LogP contribution < -0.4 is 4.72 Å². The molecule has 1 saturated heterocycles. The van der Waals surface area contributed by atoms with Gasteiger partial charge in [-0.1, -0.05) is 36.4 Å². The predicted molar refractivity (Wildman–Crippen MR) is 111 cm³/mol. The summed E-state index contributed by atoms with van der Waals surface area (Å²) in [7, 11) is -5.40. The molecule has 1 fully saturated rings. The summed E-state index contributed by atoms with van der Waals surface area (Å²) in [6.45, 7) is 1.80. The van der Waals surface area contributed by atoms with Crippen molar-refractivity contribution in [1.29, 1.82) is 0 Å². The van der Waals surface area contributed by atoms with Crippen LogP contribution in [0.15, 0.2) is 53.4 Å². The lowest BCUT2D eigenvalue weighted by molar-refractivity contribution is 0.0747. The van der Waals surface area contributed by atoms with Gasteiger partial charge in [-0.15, -0.1) is 0 Å². The molecule has 0 bridgehead atoms. The molecule has 1 aliphatic heterocycles. The van der Waals surface area contributed by atoms with Gasteiger partial charge >= 0.3 is 0 Å². The van der Waals surface area contributed by atoms with E-state index in [-0.39, 0.29) is 28.5 Å². The minimum absolute atomic E-state index is 0.0340. The third kappa shape index (κ3) is 5.04. The second-order valence-electron chi connectivity index (χ2n) is 7.26. The molecule has 7 nitrogen and oxygen atoms in total. The normalized spacial score (nSPS) is 18.5. The van der Waals surface area contributed by atoms with Crippen molar-refractivity contribution in [3.05, 3.63) is 65.2 Å². The van der Waals surface area contributed by atoms with Gasteiger partial charge in [0.2, 0.25) is 10.0 Å². The minimum atomic E-state index is -3.83. The van der Waals surface area contributed by atoms with Crippen LogP contribution in [0.1, 0.15) is 27.9 Å². The zero-order valence-electron chi connectivity index (χ0n) is 16.3. The molecule has 1 heterocycles. The van der Waals surface area contributed by atoms with Crippen LogP contribution in [0, 0.1) is 6.92 Å². The first-order chi connectivity index (χ1) is 13.6. The summed E-state index contributed by atoms with van der Waals surface area (Å²) in [5.41, 5.74) is 1.55. The van der Waals surface area contributed by atoms with Crippen LogP contribution >= 0.6 is 0 Å². The third-order valence-electron chi connectivity index (χ3n) is 5.11. The highest BCUT2D eigenvalue weighted by Gasteiger charge is 2.33. The average molecular weight is 437 g/mol. The van der Waals surface area contributed by atoms with Gasteiger partial charge in [0.15, 0.2) is 9.84 Å². The first-order valence-electron chi connectivity index (χ1n) is 9.21. The fourth-order valence-corrected chi connectivity index (χ4v) is 6.39. The van der Waals surface area contributed by atoms with Gasteiger partial charge < -0.3 is 4.90 Å². The molecule has 0 aromatic heterocycles. The molecular formula is C20H24N2O5S2. The average Bonchev–Trinajstić information content (AvgIpc) is 3.06. The number of nitrogens with zero attached hydrogens (tertiary/aromatic N) is 1. The Kier molecular flexibility index (Phi) is 6.11. The predicted octanol–water partition coefficient (Wildman–Crippen LogP) is 1.73. The van der Waals surface area contributed by atoms with Gasteiger partial charge in [0.05, 0.1) is 16.4 Å². The van der Waals surface area contributed by atoms with Gasteiger partial charge in [0.25, 0.3) is 5.91 Å². The van der Waals surface area contributed by atoms with Crippen molar-refractivity contribution in [3.8, 4) is 0 Å². The van der Waals surface area contributed by atoms with E-state index in [0.717, 1.165) is 5.56 Å². The molecule has 156 valence electrons. The number of carbonyl (C=O) groups excluding carboxylic acids is 1. The van der Waals surface area contributed by atoms with Crippen molar-refractivity contribution in [2.24, 2.45) is 0 Å². The molecule has 29 heavy (non-hydrogen) atoms. The number of rotatable bonds is 6. The van der Waals surface area contributed by atoms with E-state index >= 15 is 0 Å². The summed E-state index contributed by atoms with van der Waals surface area (Å²) in [5, 5.41) is 0. The monoisotopic (exact) mass is 436 g/mol. The highest BCUT2D eigenvalue weighted by molar-refractivity contribution is 7.91. The van der Waals surface area contributed by atoms with Crippen LogP contribution in [-0.2, 0) is 26.4 Å². The molecule has 2 aromatic rings. The summed E-state index contributed by atoms with van der Waals surface area (Å²) < 4.78 is 51.6. The number of sulfonamides is 1. The van der Waals surface area contributed by atoms with Crippen LogP contribution in [0.2, 0.25) is 0 Å². The van der Waals surface area contributed by atoms with Gasteiger partial charge in [0.1, 0.15) is 0 Å². The molecule has 3 rings (SSSR count). The molecule has 0 radical (unpaired) electrons. The standard InChI is InChI=1S/C20H24N2O5S2/c1-15-8-9-17(20(23)22(2)18-10-11-28(24,25)14-18)12-19(15)29(26,27)21-13-16-6-4-3-5-7-16/h3-9,12,18,21H,10-11,13-14H2,1-2H3. The summed E-state index contributed by atoms with van der Waals surface area (Å²) in [6, 6.07) is 13.2. The molecule has 1 amide bonds. The van der Waals surface area contributed by atoms with E-state index in [0.29, 0.717) is 12.0 Å². The molecule has 1 atom stereocenters. The summed E-state index contributed by atoms with van der Waals surface area (Å²) in [5.74, 6) is -0.400. The molecule has 0 spiro atoms. The number of hydrogen-bond donors (Lipinski definition) is 1. The van der Waals surface area contributed by atoms with Crippen molar-refractivity contribution in [2.75, 3.05) is 18.6 Å². The second-order valence-corrected chi connectivity index (χ2v) is 11.2. The zero-order valence-corrected chi connectivity index (χ0v) is 18.0. The molecule has 2 aromatic carbocycles. The second kappa shape index (κ2) is 8.25. The third-order valence-corrected chi connectivity index (χ3v) is 8.40. The maximum Gasteiger partial charge on any atom is 0.253 e. The lowest BCUT2D eigenvalue weighted by Crippen LogP contribution is -2.38. The van der Waals surface area contributed by atoms with Crippen LogP contribution in [0.25, 0.3) is 0 Å². The van der Waals surface area contributed by atoms with Crippen molar-refractivity contribution in [2.45, 2.75) is 30.8 Å². The lowest BCUT2D eigenvalue weighted by atomic mass is 10.1. The van der Waals surface area contributed by atoms with E-state index in [4.69, 9.17) is 0 Å². The van der Waals surface area contributed by atoms with Gasteiger partial charge in [-0.05, 0) is 36.6 Å².